The minimum Gasteiger partial charge on any atom is -0.356 e. The van der Waals surface area contributed by atoms with Gasteiger partial charge in [0.25, 0.3) is 0 Å². The minimum absolute atomic E-state index is 0. The number of thiophene rings is 1. The Balaban J connectivity index is 0.00000208. The molecule has 5 nitrogen and oxygen atoms in total. The SMILES string of the molecule is CN=C(NCCc1cn2cccc(C)c2n1)NCc1cccs1.I. The van der Waals surface area contributed by atoms with Crippen LogP contribution in [0.1, 0.15) is 16.1 Å². The van der Waals surface area contributed by atoms with Crippen molar-refractivity contribution in [2.24, 2.45) is 4.99 Å². The first-order valence-electron chi connectivity index (χ1n) is 7.66. The second-order valence-corrected chi connectivity index (χ2v) is 6.37. The van der Waals surface area contributed by atoms with E-state index in [1.54, 1.807) is 18.4 Å². The highest BCUT2D eigenvalue weighted by Crippen LogP contribution is 2.10. The molecule has 0 bridgehead atoms. The minimum atomic E-state index is 0. The van der Waals surface area contributed by atoms with Crippen molar-refractivity contribution in [1.29, 1.82) is 0 Å². The van der Waals surface area contributed by atoms with Gasteiger partial charge in [-0.25, -0.2) is 4.98 Å². The van der Waals surface area contributed by atoms with E-state index in [4.69, 9.17) is 0 Å². The van der Waals surface area contributed by atoms with Gasteiger partial charge in [-0.1, -0.05) is 12.1 Å². The summed E-state index contributed by atoms with van der Waals surface area (Å²) in [7, 11) is 1.79. The Bertz CT molecular complexity index is 795. The van der Waals surface area contributed by atoms with Crippen LogP contribution in [0.4, 0.5) is 0 Å². The predicted octanol–water partition coefficient (Wildman–Crippen LogP) is 3.23. The summed E-state index contributed by atoms with van der Waals surface area (Å²) in [5.74, 6) is 0.818. The Kier molecular flexibility index (Phi) is 7.04. The van der Waals surface area contributed by atoms with Gasteiger partial charge in [0.15, 0.2) is 5.96 Å². The molecular weight excluding hydrogens is 433 g/mol. The molecule has 3 aromatic heterocycles. The van der Waals surface area contributed by atoms with Gasteiger partial charge < -0.3 is 15.0 Å². The normalized spacial score (nSPS) is 11.3. The first-order valence-corrected chi connectivity index (χ1v) is 8.54. The van der Waals surface area contributed by atoms with Crippen LogP contribution in [0.3, 0.4) is 0 Å². The largest absolute Gasteiger partial charge is 0.356 e. The van der Waals surface area contributed by atoms with Crippen LogP contribution in [-0.2, 0) is 13.0 Å². The van der Waals surface area contributed by atoms with Gasteiger partial charge in [0.2, 0.25) is 0 Å². The van der Waals surface area contributed by atoms with Crippen molar-refractivity contribution >= 4 is 46.9 Å². The Morgan fingerprint density at radius 3 is 2.88 bits per heavy atom. The lowest BCUT2D eigenvalue weighted by molar-refractivity contribution is 0.791. The maximum Gasteiger partial charge on any atom is 0.191 e. The molecule has 3 aromatic rings. The fraction of sp³-hybridized carbons (Fsp3) is 0.294. The van der Waals surface area contributed by atoms with Crippen molar-refractivity contribution in [2.75, 3.05) is 13.6 Å². The number of hydrogen-bond acceptors (Lipinski definition) is 3. The van der Waals surface area contributed by atoms with Crippen LogP contribution in [0.5, 0.6) is 0 Å². The molecule has 2 N–H and O–H groups in total. The van der Waals surface area contributed by atoms with Crippen molar-refractivity contribution in [2.45, 2.75) is 19.9 Å². The van der Waals surface area contributed by atoms with Crippen LogP contribution in [0.15, 0.2) is 47.0 Å². The van der Waals surface area contributed by atoms with Crippen molar-refractivity contribution in [1.82, 2.24) is 20.0 Å². The van der Waals surface area contributed by atoms with Crippen molar-refractivity contribution in [3.05, 3.63) is 58.2 Å². The third-order valence-corrected chi connectivity index (χ3v) is 4.51. The summed E-state index contributed by atoms with van der Waals surface area (Å²) in [6.07, 6.45) is 4.99. The molecule has 0 radical (unpaired) electrons. The average molecular weight is 455 g/mol. The molecule has 3 rings (SSSR count). The number of nitrogens with zero attached hydrogens (tertiary/aromatic N) is 3. The van der Waals surface area contributed by atoms with Gasteiger partial charge in [0.1, 0.15) is 5.65 Å². The lowest BCUT2D eigenvalue weighted by Crippen LogP contribution is -2.37. The molecule has 0 spiro atoms. The lowest BCUT2D eigenvalue weighted by Gasteiger charge is -2.10. The fourth-order valence-corrected chi connectivity index (χ4v) is 3.08. The number of pyridine rings is 1. The van der Waals surface area contributed by atoms with E-state index < -0.39 is 0 Å². The van der Waals surface area contributed by atoms with Crippen LogP contribution in [-0.4, -0.2) is 28.9 Å². The number of aryl methyl sites for hydroxylation is 1. The number of hydrogen-bond donors (Lipinski definition) is 2. The third kappa shape index (κ3) is 4.70. The highest BCUT2D eigenvalue weighted by Gasteiger charge is 2.04. The number of fused-ring (bicyclic) bond motifs is 1. The molecule has 0 aliphatic carbocycles. The molecule has 0 aliphatic rings. The highest BCUT2D eigenvalue weighted by molar-refractivity contribution is 14.0. The van der Waals surface area contributed by atoms with E-state index in [0.29, 0.717) is 0 Å². The molecule has 3 heterocycles. The number of aliphatic imine (C=N–C) groups is 1. The maximum atomic E-state index is 4.69. The van der Waals surface area contributed by atoms with Crippen LogP contribution < -0.4 is 10.6 Å². The summed E-state index contributed by atoms with van der Waals surface area (Å²) in [5.41, 5.74) is 3.31. The van der Waals surface area contributed by atoms with Gasteiger partial charge in [0.05, 0.1) is 12.2 Å². The van der Waals surface area contributed by atoms with E-state index in [1.807, 2.05) is 12.3 Å². The molecule has 0 aromatic carbocycles. The van der Waals surface area contributed by atoms with E-state index in [2.05, 4.69) is 61.7 Å². The third-order valence-electron chi connectivity index (χ3n) is 3.64. The Hall–Kier alpha value is -1.61. The second kappa shape index (κ2) is 9.03. The van der Waals surface area contributed by atoms with E-state index in [9.17, 15) is 0 Å². The molecule has 0 unspecified atom stereocenters. The number of nitrogens with one attached hydrogen (secondary N) is 2. The summed E-state index contributed by atoms with van der Waals surface area (Å²) in [4.78, 5) is 10.2. The molecule has 0 amide bonds. The van der Waals surface area contributed by atoms with Gasteiger partial charge >= 0.3 is 0 Å². The van der Waals surface area contributed by atoms with Crippen molar-refractivity contribution in [3.8, 4) is 0 Å². The zero-order valence-corrected chi connectivity index (χ0v) is 17.0. The Labute approximate surface area is 163 Å². The monoisotopic (exact) mass is 455 g/mol. The predicted molar refractivity (Wildman–Crippen MR) is 112 cm³/mol. The van der Waals surface area contributed by atoms with Crippen molar-refractivity contribution in [3.63, 3.8) is 0 Å². The summed E-state index contributed by atoms with van der Waals surface area (Å²) >= 11 is 1.74. The fourth-order valence-electron chi connectivity index (χ4n) is 2.44. The molecule has 7 heteroatoms. The molecular formula is C17H22IN5S. The first kappa shape index (κ1) is 18.7. The number of imidazole rings is 1. The second-order valence-electron chi connectivity index (χ2n) is 5.34. The van der Waals surface area contributed by atoms with Crippen LogP contribution in [0, 0.1) is 6.92 Å². The average Bonchev–Trinajstić information content (AvgIpc) is 3.20. The summed E-state index contributed by atoms with van der Waals surface area (Å²) < 4.78 is 2.08. The standard InChI is InChI=1S/C17H21N5S.HI/c1-13-5-3-9-22-12-14(21-16(13)22)7-8-19-17(18-2)20-11-15-6-4-10-23-15;/h3-6,9-10,12H,7-8,11H2,1-2H3,(H2,18,19,20);1H. The van der Waals surface area contributed by atoms with E-state index in [0.717, 1.165) is 36.8 Å². The Morgan fingerprint density at radius 2 is 2.17 bits per heavy atom. The molecule has 0 fully saturated rings. The molecule has 0 saturated carbocycles. The van der Waals surface area contributed by atoms with Gasteiger partial charge in [-0.15, -0.1) is 35.3 Å². The quantitative estimate of drug-likeness (QED) is 0.353. The summed E-state index contributed by atoms with van der Waals surface area (Å²) in [6, 6.07) is 8.30. The molecule has 0 aliphatic heterocycles. The topological polar surface area (TPSA) is 53.7 Å². The van der Waals surface area contributed by atoms with E-state index in [-0.39, 0.29) is 24.0 Å². The maximum absolute atomic E-state index is 4.69. The van der Waals surface area contributed by atoms with Gasteiger partial charge in [-0.2, -0.15) is 0 Å². The van der Waals surface area contributed by atoms with Crippen molar-refractivity contribution < 1.29 is 0 Å². The zero-order chi connectivity index (χ0) is 16.1. The van der Waals surface area contributed by atoms with E-state index in [1.165, 1.54) is 10.4 Å². The zero-order valence-electron chi connectivity index (χ0n) is 13.8. The van der Waals surface area contributed by atoms with Gasteiger partial charge in [-0.05, 0) is 30.0 Å². The van der Waals surface area contributed by atoms with Crippen LogP contribution in [0.2, 0.25) is 0 Å². The number of guanidine groups is 1. The molecule has 0 atom stereocenters. The highest BCUT2D eigenvalue weighted by atomic mass is 127. The summed E-state index contributed by atoms with van der Waals surface area (Å²) in [6.45, 7) is 3.68. The Morgan fingerprint density at radius 1 is 1.29 bits per heavy atom. The van der Waals surface area contributed by atoms with Crippen LogP contribution >= 0.6 is 35.3 Å². The molecule has 0 saturated heterocycles. The smallest absolute Gasteiger partial charge is 0.191 e. The molecule has 128 valence electrons. The summed E-state index contributed by atoms with van der Waals surface area (Å²) in [5, 5.41) is 8.73. The number of rotatable bonds is 5. The number of halogens is 1. The number of aromatic nitrogens is 2. The molecule has 24 heavy (non-hydrogen) atoms. The van der Waals surface area contributed by atoms with Gasteiger partial charge in [-0.3, -0.25) is 4.99 Å². The van der Waals surface area contributed by atoms with E-state index >= 15 is 0 Å². The first-order chi connectivity index (χ1) is 11.3. The van der Waals surface area contributed by atoms with Gasteiger partial charge in [0, 0.05) is 37.3 Å². The lowest BCUT2D eigenvalue weighted by atomic mass is 10.3. The van der Waals surface area contributed by atoms with Crippen LogP contribution in [0.25, 0.3) is 5.65 Å².